The molecule has 0 radical (unpaired) electrons. The number of ether oxygens (including phenoxy) is 1. The van der Waals surface area contributed by atoms with Crippen LogP contribution < -0.4 is 4.74 Å². The van der Waals surface area contributed by atoms with Gasteiger partial charge in [0, 0.05) is 23.8 Å². The highest BCUT2D eigenvalue weighted by Gasteiger charge is 2.17. The summed E-state index contributed by atoms with van der Waals surface area (Å²) in [7, 11) is 0. The van der Waals surface area contributed by atoms with Gasteiger partial charge >= 0.3 is 0 Å². The highest BCUT2D eigenvalue weighted by molar-refractivity contribution is 6.30. The van der Waals surface area contributed by atoms with Crippen molar-refractivity contribution in [2.24, 2.45) is 0 Å². The van der Waals surface area contributed by atoms with Gasteiger partial charge < -0.3 is 4.74 Å². The molecule has 4 rings (SSSR count). The second-order valence-electron chi connectivity index (χ2n) is 7.27. The summed E-state index contributed by atoms with van der Waals surface area (Å²) in [4.78, 5) is 8.92. The summed E-state index contributed by atoms with van der Waals surface area (Å²) in [6, 6.07) is 19.6. The van der Waals surface area contributed by atoms with Crippen LogP contribution in [0.1, 0.15) is 35.6 Å². The molecule has 0 spiro atoms. The quantitative estimate of drug-likeness (QED) is 0.395. The first kappa shape index (κ1) is 20.1. The van der Waals surface area contributed by atoms with Gasteiger partial charge in [0.1, 0.15) is 18.2 Å². The maximum absolute atomic E-state index is 6.16. The summed E-state index contributed by atoms with van der Waals surface area (Å²) in [6.45, 7) is 4.52. The zero-order valence-electron chi connectivity index (χ0n) is 17.0. The van der Waals surface area contributed by atoms with Crippen LogP contribution in [0.4, 0.5) is 0 Å². The third kappa shape index (κ3) is 4.69. The van der Waals surface area contributed by atoms with Crippen LogP contribution in [0, 0.1) is 6.92 Å². The minimum atomic E-state index is 0.270. The molecular weight excluding hydrogens is 396 g/mol. The fourth-order valence-corrected chi connectivity index (χ4v) is 3.61. The van der Waals surface area contributed by atoms with E-state index in [4.69, 9.17) is 26.4 Å². The van der Waals surface area contributed by atoms with Crippen LogP contribution >= 0.6 is 11.6 Å². The van der Waals surface area contributed by atoms with Crippen LogP contribution in [0.3, 0.4) is 0 Å². The van der Waals surface area contributed by atoms with Crippen molar-refractivity contribution in [3.05, 3.63) is 101 Å². The Morgan fingerprint density at radius 2 is 1.80 bits per heavy atom. The Labute approximate surface area is 181 Å². The molecule has 0 saturated heterocycles. The van der Waals surface area contributed by atoms with E-state index >= 15 is 0 Å². The molecule has 1 atom stereocenters. The first-order valence-corrected chi connectivity index (χ1v) is 10.3. The Morgan fingerprint density at radius 3 is 2.53 bits per heavy atom. The summed E-state index contributed by atoms with van der Waals surface area (Å²) < 4.78 is 7.78. The van der Waals surface area contributed by atoms with E-state index in [0.717, 1.165) is 29.2 Å². The van der Waals surface area contributed by atoms with Crippen molar-refractivity contribution in [1.82, 2.24) is 19.7 Å². The number of nitrogens with zero attached hydrogens (tertiary/aromatic N) is 4. The molecule has 152 valence electrons. The topological polar surface area (TPSA) is 52.8 Å². The van der Waals surface area contributed by atoms with E-state index in [2.05, 4.69) is 11.9 Å². The molecule has 2 aromatic carbocycles. The van der Waals surface area contributed by atoms with Gasteiger partial charge in [0.15, 0.2) is 5.82 Å². The maximum atomic E-state index is 6.16. The van der Waals surface area contributed by atoms with Gasteiger partial charge in [0.05, 0.1) is 5.69 Å². The fourth-order valence-electron chi connectivity index (χ4n) is 3.38. The number of halogens is 1. The number of hydrogen-bond donors (Lipinski definition) is 0. The fraction of sp³-hybridized carbons (Fsp3) is 0.208. The van der Waals surface area contributed by atoms with E-state index in [1.165, 1.54) is 5.56 Å². The zero-order valence-corrected chi connectivity index (χ0v) is 17.8. The SMILES string of the molecule is Cc1cc(Cl)ccc1-n1nc(COc2ccccc2)nc1CC(C)c1ccncc1. The summed E-state index contributed by atoms with van der Waals surface area (Å²) in [5, 5.41) is 5.46. The molecule has 5 nitrogen and oxygen atoms in total. The number of para-hydroxylation sites is 1. The summed E-state index contributed by atoms with van der Waals surface area (Å²) in [5.41, 5.74) is 3.23. The highest BCUT2D eigenvalue weighted by Crippen LogP contribution is 2.24. The van der Waals surface area contributed by atoms with Crippen LogP contribution in [-0.4, -0.2) is 19.7 Å². The first-order chi connectivity index (χ1) is 14.6. The third-order valence-corrected chi connectivity index (χ3v) is 5.22. The maximum Gasteiger partial charge on any atom is 0.188 e. The van der Waals surface area contributed by atoms with Crippen LogP contribution in [0.5, 0.6) is 5.75 Å². The van der Waals surface area contributed by atoms with Crippen molar-refractivity contribution in [3.63, 3.8) is 0 Å². The minimum Gasteiger partial charge on any atom is -0.486 e. The number of aromatic nitrogens is 4. The van der Waals surface area contributed by atoms with Crippen LogP contribution in [0.2, 0.25) is 5.02 Å². The number of benzene rings is 2. The van der Waals surface area contributed by atoms with E-state index in [1.807, 2.05) is 84.7 Å². The molecule has 0 amide bonds. The summed E-state index contributed by atoms with van der Waals surface area (Å²) >= 11 is 6.16. The normalized spacial score (nSPS) is 12.0. The highest BCUT2D eigenvalue weighted by atomic mass is 35.5. The lowest BCUT2D eigenvalue weighted by Gasteiger charge is -2.13. The van der Waals surface area contributed by atoms with Gasteiger partial charge in [-0.1, -0.05) is 36.7 Å². The smallest absolute Gasteiger partial charge is 0.188 e. The van der Waals surface area contributed by atoms with Crippen molar-refractivity contribution in [2.75, 3.05) is 0 Å². The van der Waals surface area contributed by atoms with Gasteiger partial charge in [0.25, 0.3) is 0 Å². The molecule has 30 heavy (non-hydrogen) atoms. The Hall–Kier alpha value is -3.18. The molecule has 4 aromatic rings. The van der Waals surface area contributed by atoms with Gasteiger partial charge in [-0.2, -0.15) is 0 Å². The molecule has 0 fully saturated rings. The Kier molecular flexibility index (Phi) is 6.10. The lowest BCUT2D eigenvalue weighted by molar-refractivity contribution is 0.296. The second kappa shape index (κ2) is 9.09. The van der Waals surface area contributed by atoms with Crippen LogP contribution in [0.15, 0.2) is 73.1 Å². The van der Waals surface area contributed by atoms with Crippen molar-refractivity contribution < 1.29 is 4.74 Å². The Bertz CT molecular complexity index is 1110. The Balaban J connectivity index is 1.64. The monoisotopic (exact) mass is 418 g/mol. The lowest BCUT2D eigenvalue weighted by Crippen LogP contribution is -2.08. The van der Waals surface area contributed by atoms with Crippen molar-refractivity contribution in [3.8, 4) is 11.4 Å². The number of pyridine rings is 1. The van der Waals surface area contributed by atoms with E-state index in [-0.39, 0.29) is 5.92 Å². The number of aryl methyl sites for hydroxylation is 1. The molecule has 6 heteroatoms. The predicted octanol–water partition coefficient (Wildman–Crippen LogP) is 5.55. The molecule has 0 aliphatic heterocycles. The Morgan fingerprint density at radius 1 is 1.03 bits per heavy atom. The van der Waals surface area contributed by atoms with Crippen LogP contribution in [-0.2, 0) is 13.0 Å². The average molecular weight is 419 g/mol. The molecule has 2 aromatic heterocycles. The largest absolute Gasteiger partial charge is 0.486 e. The molecule has 0 N–H and O–H groups in total. The standard InChI is InChI=1S/C24H23ClN4O/c1-17(19-10-12-26-13-11-19)15-24-27-23(16-30-21-6-4-3-5-7-21)28-29(24)22-9-8-20(25)14-18(22)2/h3-14,17H,15-16H2,1-2H3. The van der Waals surface area contributed by atoms with Gasteiger partial charge in [-0.25, -0.2) is 9.67 Å². The van der Waals surface area contributed by atoms with E-state index in [0.29, 0.717) is 17.5 Å². The zero-order chi connectivity index (χ0) is 20.9. The molecule has 1 unspecified atom stereocenters. The van der Waals surface area contributed by atoms with Crippen molar-refractivity contribution >= 4 is 11.6 Å². The van der Waals surface area contributed by atoms with Gasteiger partial charge in [-0.05, 0) is 66.4 Å². The van der Waals surface area contributed by atoms with Gasteiger partial charge in [0.2, 0.25) is 0 Å². The predicted molar refractivity (Wildman–Crippen MR) is 118 cm³/mol. The lowest BCUT2D eigenvalue weighted by atomic mass is 9.98. The molecule has 0 bridgehead atoms. The molecule has 0 aliphatic carbocycles. The molecule has 2 heterocycles. The van der Waals surface area contributed by atoms with Crippen molar-refractivity contribution in [2.45, 2.75) is 32.8 Å². The van der Waals surface area contributed by atoms with Gasteiger partial charge in [-0.15, -0.1) is 5.10 Å². The summed E-state index contributed by atoms with van der Waals surface area (Å²) in [6.07, 6.45) is 4.38. The summed E-state index contributed by atoms with van der Waals surface area (Å²) in [5.74, 6) is 2.59. The molecular formula is C24H23ClN4O. The second-order valence-corrected chi connectivity index (χ2v) is 7.71. The van der Waals surface area contributed by atoms with E-state index in [1.54, 1.807) is 0 Å². The van der Waals surface area contributed by atoms with E-state index < -0.39 is 0 Å². The first-order valence-electron chi connectivity index (χ1n) is 9.89. The minimum absolute atomic E-state index is 0.270. The van der Waals surface area contributed by atoms with Crippen LogP contribution in [0.25, 0.3) is 5.69 Å². The van der Waals surface area contributed by atoms with Crippen molar-refractivity contribution in [1.29, 1.82) is 0 Å². The number of rotatable bonds is 7. The van der Waals surface area contributed by atoms with Gasteiger partial charge in [-0.3, -0.25) is 4.98 Å². The molecule has 0 saturated carbocycles. The average Bonchev–Trinajstić information content (AvgIpc) is 3.16. The third-order valence-electron chi connectivity index (χ3n) is 4.98. The molecule has 0 aliphatic rings. The van der Waals surface area contributed by atoms with E-state index in [9.17, 15) is 0 Å². The number of hydrogen-bond acceptors (Lipinski definition) is 4.